The molecule has 1 aromatic carbocycles. The summed E-state index contributed by atoms with van der Waals surface area (Å²) < 4.78 is 56.8. The molecule has 0 aliphatic heterocycles. The third kappa shape index (κ3) is 5.03. The van der Waals surface area contributed by atoms with Gasteiger partial charge in [-0.3, -0.25) is 4.68 Å². The van der Waals surface area contributed by atoms with Crippen molar-refractivity contribution in [2.24, 2.45) is 7.05 Å². The second-order valence-corrected chi connectivity index (χ2v) is 8.24. The highest BCUT2D eigenvalue weighted by atomic mass is 32.2. The van der Waals surface area contributed by atoms with Crippen LogP contribution < -0.4 is 10.0 Å². The number of anilines is 2. The molecular formula is C19H21F3N6OS. The number of aromatic nitrogens is 4. The Morgan fingerprint density at radius 2 is 1.93 bits per heavy atom. The van der Waals surface area contributed by atoms with E-state index in [1.54, 1.807) is 32.2 Å². The maximum atomic E-state index is 13.4. The van der Waals surface area contributed by atoms with Gasteiger partial charge in [-0.2, -0.15) is 18.3 Å². The summed E-state index contributed by atoms with van der Waals surface area (Å²) in [5.41, 5.74) is 0.375. The topological polar surface area (TPSA) is 84.7 Å². The van der Waals surface area contributed by atoms with Gasteiger partial charge in [0, 0.05) is 36.7 Å². The van der Waals surface area contributed by atoms with Crippen LogP contribution in [0.25, 0.3) is 11.3 Å². The summed E-state index contributed by atoms with van der Waals surface area (Å²) in [5.74, 6) is 0.0131. The highest BCUT2D eigenvalue weighted by molar-refractivity contribution is 7.83. The maximum Gasteiger partial charge on any atom is 0.419 e. The summed E-state index contributed by atoms with van der Waals surface area (Å²) in [6.45, 7) is 5.58. The summed E-state index contributed by atoms with van der Waals surface area (Å²) in [6, 6.07) is 5.15. The zero-order valence-corrected chi connectivity index (χ0v) is 17.6. The number of alkyl halides is 3. The number of benzene rings is 1. The molecule has 2 heterocycles. The Labute approximate surface area is 174 Å². The van der Waals surface area contributed by atoms with Gasteiger partial charge in [0.2, 0.25) is 5.95 Å². The van der Waals surface area contributed by atoms with Gasteiger partial charge in [-0.25, -0.2) is 18.9 Å². The van der Waals surface area contributed by atoms with Crippen molar-refractivity contribution in [1.82, 2.24) is 24.5 Å². The minimum atomic E-state index is -4.60. The molecule has 0 fully saturated rings. The van der Waals surface area contributed by atoms with E-state index in [9.17, 15) is 17.4 Å². The first kappa shape index (κ1) is 21.9. The number of rotatable bonds is 6. The van der Waals surface area contributed by atoms with Crippen LogP contribution in [0.2, 0.25) is 0 Å². The Balaban J connectivity index is 1.93. The zero-order valence-electron chi connectivity index (χ0n) is 16.8. The van der Waals surface area contributed by atoms with E-state index in [0.717, 1.165) is 11.8 Å². The van der Waals surface area contributed by atoms with Gasteiger partial charge in [0.05, 0.1) is 16.8 Å². The van der Waals surface area contributed by atoms with E-state index in [4.69, 9.17) is 0 Å². The average molecular weight is 438 g/mol. The Kier molecular flexibility index (Phi) is 6.22. The van der Waals surface area contributed by atoms with Crippen LogP contribution in [-0.2, 0) is 24.2 Å². The summed E-state index contributed by atoms with van der Waals surface area (Å²) in [6.07, 6.45) is -1.07. The lowest BCUT2D eigenvalue weighted by atomic mass is 10.1. The molecule has 3 aromatic rings. The monoisotopic (exact) mass is 438 g/mol. The quantitative estimate of drug-likeness (QED) is 0.608. The molecule has 1 atom stereocenters. The first-order chi connectivity index (χ1) is 14.0. The normalized spacial score (nSPS) is 12.9. The summed E-state index contributed by atoms with van der Waals surface area (Å²) in [4.78, 5) is 8.51. The van der Waals surface area contributed by atoms with Gasteiger partial charge in [0.15, 0.2) is 0 Å². The van der Waals surface area contributed by atoms with Crippen molar-refractivity contribution in [3.63, 3.8) is 0 Å². The van der Waals surface area contributed by atoms with E-state index in [0.29, 0.717) is 10.6 Å². The minimum Gasteiger partial charge on any atom is -0.324 e. The van der Waals surface area contributed by atoms with Crippen LogP contribution in [0.15, 0.2) is 41.7 Å². The van der Waals surface area contributed by atoms with Crippen LogP contribution in [0.3, 0.4) is 0 Å². The lowest BCUT2D eigenvalue weighted by molar-refractivity contribution is -0.137. The van der Waals surface area contributed by atoms with Crippen molar-refractivity contribution < 1.29 is 17.4 Å². The first-order valence-corrected chi connectivity index (χ1v) is 10.2. The highest BCUT2D eigenvalue weighted by Crippen LogP contribution is 2.36. The lowest BCUT2D eigenvalue weighted by Gasteiger charge is -2.14. The number of aryl methyl sites for hydroxylation is 2. The Hall–Kier alpha value is -2.79. The van der Waals surface area contributed by atoms with Gasteiger partial charge >= 0.3 is 6.18 Å². The molecular weight excluding hydrogens is 417 g/mol. The number of halogens is 3. The zero-order chi connectivity index (χ0) is 22.1. The Morgan fingerprint density at radius 1 is 1.20 bits per heavy atom. The molecule has 0 saturated heterocycles. The molecule has 0 amide bonds. The van der Waals surface area contributed by atoms with E-state index in [-0.39, 0.29) is 23.2 Å². The molecule has 0 aliphatic rings. The first-order valence-electron chi connectivity index (χ1n) is 9.03. The molecule has 2 aromatic heterocycles. The van der Waals surface area contributed by atoms with Gasteiger partial charge in [-0.1, -0.05) is 0 Å². The third-order valence-electron chi connectivity index (χ3n) is 4.07. The fourth-order valence-electron chi connectivity index (χ4n) is 2.71. The lowest BCUT2D eigenvalue weighted by Crippen LogP contribution is -2.25. The van der Waals surface area contributed by atoms with Crippen LogP contribution in [0, 0.1) is 6.92 Å². The highest BCUT2D eigenvalue weighted by Gasteiger charge is 2.35. The van der Waals surface area contributed by atoms with Crippen LogP contribution in [0.5, 0.6) is 0 Å². The predicted molar refractivity (Wildman–Crippen MR) is 108 cm³/mol. The van der Waals surface area contributed by atoms with Crippen molar-refractivity contribution in [2.45, 2.75) is 37.9 Å². The molecule has 0 spiro atoms. The summed E-state index contributed by atoms with van der Waals surface area (Å²) in [5, 5.41) is 6.86. The molecule has 7 nitrogen and oxygen atoms in total. The van der Waals surface area contributed by atoms with E-state index >= 15 is 0 Å². The van der Waals surface area contributed by atoms with Crippen molar-refractivity contribution in [1.29, 1.82) is 0 Å². The molecule has 0 aliphatic carbocycles. The second kappa shape index (κ2) is 8.52. The molecule has 1 unspecified atom stereocenters. The number of hydrogen-bond acceptors (Lipinski definition) is 5. The summed E-state index contributed by atoms with van der Waals surface area (Å²) >= 11 is 0. The van der Waals surface area contributed by atoms with Crippen LogP contribution in [0.4, 0.5) is 24.8 Å². The third-order valence-corrected chi connectivity index (χ3v) is 5.44. The predicted octanol–water partition coefficient (Wildman–Crippen LogP) is 3.97. The molecule has 0 bridgehead atoms. The van der Waals surface area contributed by atoms with Gasteiger partial charge in [0.1, 0.15) is 16.5 Å². The molecule has 3 rings (SSSR count). The van der Waals surface area contributed by atoms with Gasteiger partial charge < -0.3 is 5.32 Å². The van der Waals surface area contributed by atoms with E-state index in [1.807, 2.05) is 13.8 Å². The molecule has 30 heavy (non-hydrogen) atoms. The average Bonchev–Trinajstić information content (AvgIpc) is 3.08. The number of nitrogens with zero attached hydrogens (tertiary/aromatic N) is 4. The summed E-state index contributed by atoms with van der Waals surface area (Å²) in [7, 11) is 0.250. The number of nitrogens with one attached hydrogen (secondary N) is 2. The fraction of sp³-hybridized carbons (Fsp3) is 0.316. The SMILES string of the molecule is Cc1cc(S(=O)NC(C)C)ccc1Nc1ncc(C(F)(F)F)c(-c2cnn(C)c2)n1. The standard InChI is InChI=1S/C19H21F3N6OS/c1-11(2)27-30(29)14-5-6-16(12(3)7-14)25-18-23-9-15(19(20,21)22)17(26-18)13-8-24-28(4)10-13/h5-11,27H,1-4H3,(H,23,25,26). The molecule has 11 heteroatoms. The molecule has 0 radical (unpaired) electrons. The van der Waals surface area contributed by atoms with Gasteiger partial charge in [0.25, 0.3) is 0 Å². The van der Waals surface area contributed by atoms with Crippen molar-refractivity contribution in [3.8, 4) is 11.3 Å². The number of hydrogen-bond donors (Lipinski definition) is 2. The van der Waals surface area contributed by atoms with Gasteiger partial charge in [-0.15, -0.1) is 0 Å². The molecule has 0 saturated carbocycles. The molecule has 2 N–H and O–H groups in total. The van der Waals surface area contributed by atoms with Gasteiger partial charge in [-0.05, 0) is 44.5 Å². The Morgan fingerprint density at radius 3 is 2.50 bits per heavy atom. The largest absolute Gasteiger partial charge is 0.419 e. The van der Waals surface area contributed by atoms with Crippen molar-refractivity contribution >= 4 is 22.6 Å². The molecule has 160 valence electrons. The minimum absolute atomic E-state index is 0.0131. The van der Waals surface area contributed by atoms with Crippen LogP contribution >= 0.6 is 0 Å². The van der Waals surface area contributed by atoms with Crippen molar-refractivity contribution in [3.05, 3.63) is 47.9 Å². The van der Waals surface area contributed by atoms with E-state index < -0.39 is 22.7 Å². The van der Waals surface area contributed by atoms with Crippen LogP contribution in [0.1, 0.15) is 25.0 Å². The smallest absolute Gasteiger partial charge is 0.324 e. The van der Waals surface area contributed by atoms with E-state index in [1.165, 1.54) is 17.1 Å². The maximum absolute atomic E-state index is 13.4. The fourth-order valence-corrected chi connectivity index (χ4v) is 3.75. The van der Waals surface area contributed by atoms with Crippen molar-refractivity contribution in [2.75, 3.05) is 5.32 Å². The second-order valence-electron chi connectivity index (χ2n) is 7.00. The van der Waals surface area contributed by atoms with Crippen LogP contribution in [-0.4, -0.2) is 30.0 Å². The Bertz CT molecular complexity index is 1080. The van der Waals surface area contributed by atoms with E-state index in [2.05, 4.69) is 25.1 Å².